The van der Waals surface area contributed by atoms with Crippen LogP contribution in [0, 0.1) is 45.3 Å². The Morgan fingerprint density at radius 2 is 1.30 bits per heavy atom. The predicted molar refractivity (Wildman–Crippen MR) is 133 cm³/mol. The highest BCUT2D eigenvalue weighted by atomic mass is 32.1. The van der Waals surface area contributed by atoms with Crippen molar-refractivity contribution in [1.29, 1.82) is 21.0 Å². The zero-order valence-corrected chi connectivity index (χ0v) is 19.8. The molecule has 0 spiro atoms. The van der Waals surface area contributed by atoms with Gasteiger partial charge in [-0.1, -0.05) is 57.8 Å². The molecule has 174 valence electrons. The Morgan fingerprint density at radius 1 is 0.811 bits per heavy atom. The van der Waals surface area contributed by atoms with Crippen molar-refractivity contribution in [3.63, 3.8) is 0 Å². The van der Waals surface area contributed by atoms with E-state index in [-0.39, 0.29) is 39.3 Å². The quantitative estimate of drug-likeness (QED) is 0.310. The molecule has 0 atom stereocenters. The van der Waals surface area contributed by atoms with Crippen LogP contribution >= 0.6 is 22.7 Å². The smallest absolute Gasteiger partial charge is 0.442 e. The molecule has 0 saturated heterocycles. The Labute approximate surface area is 214 Å². The lowest BCUT2D eigenvalue weighted by Gasteiger charge is -2.02. The van der Waals surface area contributed by atoms with Crippen LogP contribution in [0.25, 0.3) is 31.5 Å². The highest BCUT2D eigenvalue weighted by molar-refractivity contribution is 7.30. The minimum atomic E-state index is -0.837. The van der Waals surface area contributed by atoms with E-state index in [0.29, 0.717) is 20.4 Å². The summed E-state index contributed by atoms with van der Waals surface area (Å²) >= 11 is 2.13. The van der Waals surface area contributed by atoms with Crippen molar-refractivity contribution >= 4 is 81.9 Å². The van der Waals surface area contributed by atoms with Gasteiger partial charge in [-0.15, -0.1) is 10.2 Å². The van der Waals surface area contributed by atoms with Crippen molar-refractivity contribution in [2.45, 2.75) is 6.61 Å². The first-order valence-corrected chi connectivity index (χ1v) is 11.7. The third-order valence-corrected chi connectivity index (χ3v) is 6.77. The minimum absolute atomic E-state index is 0.00367. The van der Waals surface area contributed by atoms with E-state index >= 15 is 0 Å². The normalized spacial score (nSPS) is 10.3. The number of hydrogen-bond donors (Lipinski definition) is 0. The molecule has 0 bridgehead atoms. The van der Waals surface area contributed by atoms with Crippen LogP contribution in [0.5, 0.6) is 0 Å². The number of carbonyl (C=O) groups excluding carboxylic acids is 1. The Bertz CT molecular complexity index is 1810. The van der Waals surface area contributed by atoms with E-state index in [1.807, 2.05) is 18.2 Å². The van der Waals surface area contributed by atoms with Gasteiger partial charge in [0.1, 0.15) is 53.0 Å². The first-order valence-electron chi connectivity index (χ1n) is 10.0. The fourth-order valence-corrected chi connectivity index (χ4v) is 5.19. The summed E-state index contributed by atoms with van der Waals surface area (Å²) in [5.74, 6) is 0. The molecule has 15 heteroatoms. The summed E-state index contributed by atoms with van der Waals surface area (Å²) in [4.78, 5) is 30.2. The van der Waals surface area contributed by atoms with Crippen LogP contribution in [-0.2, 0) is 11.3 Å². The van der Waals surface area contributed by atoms with Gasteiger partial charge >= 0.3 is 6.09 Å². The van der Waals surface area contributed by atoms with E-state index < -0.39 is 6.09 Å². The lowest BCUT2D eigenvalue weighted by atomic mass is 10.2. The van der Waals surface area contributed by atoms with Crippen LogP contribution in [0.4, 0.5) is 15.1 Å². The average Bonchev–Trinajstić information content (AvgIpc) is 3.65. The molecule has 0 aliphatic rings. The van der Waals surface area contributed by atoms with Gasteiger partial charge in [-0.3, -0.25) is 0 Å². The molecule has 0 aliphatic carbocycles. The minimum Gasteiger partial charge on any atom is -0.442 e. The number of thiazole rings is 2. The monoisotopic (exact) mass is 521 g/mol. The molecule has 5 aromatic rings. The zero-order chi connectivity index (χ0) is 25.9. The molecule has 0 saturated carbocycles. The van der Waals surface area contributed by atoms with E-state index in [2.05, 4.69) is 30.2 Å². The molecule has 5 rings (SSSR count). The summed E-state index contributed by atoms with van der Waals surface area (Å²) in [6.07, 6.45) is -0.837. The average molecular weight is 522 g/mol. The maximum atomic E-state index is 12.7. The number of benzene rings is 2. The lowest BCUT2D eigenvalue weighted by Crippen LogP contribution is -2.16. The van der Waals surface area contributed by atoms with Crippen molar-refractivity contribution in [3.8, 4) is 24.3 Å². The maximum Gasteiger partial charge on any atom is 0.452 e. The van der Waals surface area contributed by atoms with E-state index in [0.717, 1.165) is 33.0 Å². The highest BCUT2D eigenvalue weighted by Gasteiger charge is 2.23. The van der Waals surface area contributed by atoms with Crippen molar-refractivity contribution in [2.24, 2.45) is 9.98 Å². The van der Waals surface area contributed by atoms with Crippen LogP contribution in [0.15, 0.2) is 40.3 Å². The van der Waals surface area contributed by atoms with E-state index in [9.17, 15) is 4.79 Å². The molecule has 3 heterocycles. The molecule has 0 unspecified atom stereocenters. The van der Waals surface area contributed by atoms with Gasteiger partial charge in [0.05, 0.1) is 9.40 Å². The maximum absolute atomic E-state index is 12.7. The summed E-state index contributed by atoms with van der Waals surface area (Å²) in [5, 5.41) is 45.0. The number of rotatable bonds is 4. The fraction of sp³-hybridized carbons (Fsp3) is 0.0455. The van der Waals surface area contributed by atoms with E-state index in [1.165, 1.54) is 0 Å². The molecular formula is C22H7N11O2S2. The second kappa shape index (κ2) is 9.56. The van der Waals surface area contributed by atoms with Crippen molar-refractivity contribution in [2.75, 3.05) is 0 Å². The molecule has 37 heavy (non-hydrogen) atoms. The van der Waals surface area contributed by atoms with Crippen LogP contribution in [-0.4, -0.2) is 42.5 Å². The van der Waals surface area contributed by atoms with Gasteiger partial charge in [0.2, 0.25) is 21.7 Å². The van der Waals surface area contributed by atoms with Crippen molar-refractivity contribution < 1.29 is 9.53 Å². The van der Waals surface area contributed by atoms with Gasteiger partial charge in [-0.2, -0.15) is 31.0 Å². The van der Waals surface area contributed by atoms with Crippen LogP contribution in [0.3, 0.4) is 0 Å². The second-order valence-corrected chi connectivity index (χ2v) is 8.90. The fourth-order valence-electron chi connectivity index (χ4n) is 3.17. The number of nitriles is 4. The van der Waals surface area contributed by atoms with E-state index in [4.69, 9.17) is 25.8 Å². The molecule has 0 fully saturated rings. The molecule has 0 aliphatic heterocycles. The van der Waals surface area contributed by atoms with Crippen LogP contribution < -0.4 is 0 Å². The topological polar surface area (TPSA) is 203 Å². The number of hydrogen-bond acceptors (Lipinski definition) is 14. The number of aliphatic imine (C=N–C) groups is 2. The van der Waals surface area contributed by atoms with Gasteiger partial charge in [-0.05, 0) is 5.56 Å². The van der Waals surface area contributed by atoms with Crippen molar-refractivity contribution in [3.05, 3.63) is 35.9 Å². The number of nitrogens with zero attached hydrogens (tertiary/aromatic N) is 11. The standard InChI is InChI=1S/C22H7N11O2S2/c23-6-12(7-24)27-20-29-16-14-15(32-33(31-14)22(34)35-10-11-4-2-1-3-5-11)17-19(18(16)36-20)37-21(30-17)28-13(8-25)9-26/h1-5H,10H2. The Balaban J connectivity index is 1.69. The highest BCUT2D eigenvalue weighted by Crippen LogP contribution is 2.43. The van der Waals surface area contributed by atoms with Gasteiger partial charge in [0, 0.05) is 0 Å². The van der Waals surface area contributed by atoms with E-state index in [1.54, 1.807) is 36.4 Å². The first-order chi connectivity index (χ1) is 18.0. The molecule has 0 N–H and O–H groups in total. The van der Waals surface area contributed by atoms with Crippen LogP contribution in [0.1, 0.15) is 5.56 Å². The molecular weight excluding hydrogens is 514 g/mol. The second-order valence-electron chi connectivity index (χ2n) is 6.94. The van der Waals surface area contributed by atoms with Crippen molar-refractivity contribution in [1.82, 2.24) is 25.0 Å². The van der Waals surface area contributed by atoms with Gasteiger partial charge in [0.25, 0.3) is 0 Å². The summed E-state index contributed by atoms with van der Waals surface area (Å²) < 4.78 is 6.39. The summed E-state index contributed by atoms with van der Waals surface area (Å²) in [6.45, 7) is 0.00367. The summed E-state index contributed by atoms with van der Waals surface area (Å²) in [5.41, 5.74) is 1.02. The van der Waals surface area contributed by atoms with Crippen LogP contribution in [0.2, 0.25) is 0 Å². The Kier molecular flexibility index (Phi) is 5.98. The third-order valence-electron chi connectivity index (χ3n) is 4.71. The molecule has 13 nitrogen and oxygen atoms in total. The first kappa shape index (κ1) is 23.1. The number of ether oxygens (including phenoxy) is 1. The molecule has 0 radical (unpaired) electrons. The number of carbonyl (C=O) groups is 1. The number of aromatic nitrogens is 5. The lowest BCUT2D eigenvalue weighted by molar-refractivity contribution is 0.134. The summed E-state index contributed by atoms with van der Waals surface area (Å²) in [7, 11) is 0. The number of fused-ring (bicyclic) bond motifs is 6. The molecule has 3 aromatic heterocycles. The van der Waals surface area contributed by atoms with Gasteiger partial charge in [-0.25, -0.2) is 14.8 Å². The van der Waals surface area contributed by atoms with Gasteiger partial charge < -0.3 is 4.74 Å². The molecule has 2 aromatic carbocycles. The third kappa shape index (κ3) is 4.31. The Morgan fingerprint density at radius 3 is 1.76 bits per heavy atom. The SMILES string of the molecule is N#CC(C#N)=Nc1nc2c3nn(C(=O)OCc4ccccc4)nc3c3nc(N=C(C#N)C#N)sc3c2s1. The predicted octanol–water partition coefficient (Wildman–Crippen LogP) is 4.07. The molecule has 0 amide bonds. The summed E-state index contributed by atoms with van der Waals surface area (Å²) in [6, 6.07) is 15.8. The Hall–Kier alpha value is -5.61. The zero-order valence-electron chi connectivity index (χ0n) is 18.1. The largest absolute Gasteiger partial charge is 0.452 e. The van der Waals surface area contributed by atoms with Gasteiger partial charge in [0.15, 0.2) is 0 Å².